The molecule has 0 spiro atoms. The summed E-state index contributed by atoms with van der Waals surface area (Å²) in [6.07, 6.45) is 0. The van der Waals surface area contributed by atoms with Crippen molar-refractivity contribution in [3.8, 4) is 22.6 Å². The van der Waals surface area contributed by atoms with Crippen molar-refractivity contribution in [2.45, 2.75) is 0 Å². The van der Waals surface area contributed by atoms with E-state index in [1.807, 2.05) is 12.1 Å². The molecule has 4 aromatic carbocycles. The molecule has 4 nitrogen and oxygen atoms in total. The zero-order valence-corrected chi connectivity index (χ0v) is 16.9. The maximum Gasteiger partial charge on any atom is 0.196 e. The predicted octanol–water partition coefficient (Wildman–Crippen LogP) is 5.53. The number of phenols is 1. The van der Waals surface area contributed by atoms with E-state index < -0.39 is 0 Å². The molecular formula is C27H20O4. The second-order valence-corrected chi connectivity index (χ2v) is 6.97. The van der Waals surface area contributed by atoms with Crippen LogP contribution in [0.5, 0.6) is 11.5 Å². The monoisotopic (exact) mass is 408 g/mol. The Labute approximate surface area is 180 Å². The van der Waals surface area contributed by atoms with Crippen LogP contribution in [0.25, 0.3) is 11.1 Å². The van der Waals surface area contributed by atoms with Gasteiger partial charge in [-0.15, -0.1) is 0 Å². The smallest absolute Gasteiger partial charge is 0.196 e. The highest BCUT2D eigenvalue weighted by Gasteiger charge is 2.24. The summed E-state index contributed by atoms with van der Waals surface area (Å²) in [6.45, 7) is 0. The van der Waals surface area contributed by atoms with Gasteiger partial charge in [0.05, 0.1) is 18.2 Å². The number of aromatic hydroxyl groups is 1. The van der Waals surface area contributed by atoms with Crippen molar-refractivity contribution < 1.29 is 19.4 Å². The highest BCUT2D eigenvalue weighted by molar-refractivity contribution is 6.15. The van der Waals surface area contributed by atoms with Crippen LogP contribution in [-0.4, -0.2) is 23.8 Å². The second-order valence-electron chi connectivity index (χ2n) is 6.97. The molecule has 0 aliphatic carbocycles. The number of ether oxygens (including phenoxy) is 1. The Bertz CT molecular complexity index is 1240. The minimum atomic E-state index is -0.311. The molecule has 4 aromatic rings. The second kappa shape index (κ2) is 8.67. The quantitative estimate of drug-likeness (QED) is 0.426. The number of carbonyl (C=O) groups excluding carboxylic acids is 2. The third-order valence-electron chi connectivity index (χ3n) is 5.12. The lowest BCUT2D eigenvalue weighted by atomic mass is 9.90. The average Bonchev–Trinajstić information content (AvgIpc) is 2.84. The maximum atomic E-state index is 13.2. The van der Waals surface area contributed by atoms with Crippen LogP contribution in [0.2, 0.25) is 0 Å². The van der Waals surface area contributed by atoms with Crippen LogP contribution in [0.15, 0.2) is 97.1 Å². The van der Waals surface area contributed by atoms with Gasteiger partial charge in [0, 0.05) is 22.3 Å². The lowest BCUT2D eigenvalue weighted by molar-refractivity contribution is 0.103. The van der Waals surface area contributed by atoms with Crippen molar-refractivity contribution in [3.63, 3.8) is 0 Å². The number of phenolic OH excluding ortho intramolecular Hbond substituents is 1. The molecule has 4 heteroatoms. The van der Waals surface area contributed by atoms with Gasteiger partial charge in [-0.25, -0.2) is 0 Å². The van der Waals surface area contributed by atoms with Crippen LogP contribution in [0.1, 0.15) is 31.8 Å². The molecule has 152 valence electrons. The molecule has 0 radical (unpaired) electrons. The number of methoxy groups -OCH3 is 1. The predicted molar refractivity (Wildman–Crippen MR) is 120 cm³/mol. The first-order chi connectivity index (χ1) is 15.1. The van der Waals surface area contributed by atoms with Crippen molar-refractivity contribution in [3.05, 3.63) is 119 Å². The Morgan fingerprint density at radius 3 is 1.74 bits per heavy atom. The summed E-state index contributed by atoms with van der Waals surface area (Å²) in [5, 5.41) is 11.2. The molecule has 0 saturated heterocycles. The maximum absolute atomic E-state index is 13.2. The van der Waals surface area contributed by atoms with Gasteiger partial charge >= 0.3 is 0 Å². The fraction of sp³-hybridized carbons (Fsp3) is 0.0370. The van der Waals surface area contributed by atoms with Crippen molar-refractivity contribution in [2.24, 2.45) is 0 Å². The van der Waals surface area contributed by atoms with Crippen molar-refractivity contribution >= 4 is 11.6 Å². The molecule has 0 heterocycles. The Kier molecular flexibility index (Phi) is 5.63. The minimum absolute atomic E-state index is 0.143. The van der Waals surface area contributed by atoms with Gasteiger partial charge in [-0.1, -0.05) is 84.9 Å². The standard InChI is InChI=1S/C27H20O4/c1-31-23-17-16-22(26(29)19-12-6-3-7-13-19)27(30)24(23)20-14-8-9-15-21(20)25(28)18-10-4-2-5-11-18/h2-17,30H,1H3. The molecule has 0 saturated carbocycles. The first kappa shape index (κ1) is 20.1. The molecule has 0 unspecified atom stereocenters. The van der Waals surface area contributed by atoms with Crippen LogP contribution in [-0.2, 0) is 0 Å². The van der Waals surface area contributed by atoms with E-state index in [2.05, 4.69) is 0 Å². The number of carbonyl (C=O) groups is 2. The van der Waals surface area contributed by atoms with E-state index in [1.165, 1.54) is 13.2 Å². The molecule has 0 aromatic heterocycles. The summed E-state index contributed by atoms with van der Waals surface area (Å²) in [7, 11) is 1.48. The zero-order chi connectivity index (χ0) is 21.8. The summed E-state index contributed by atoms with van der Waals surface area (Å²) in [5.74, 6) is -0.344. The van der Waals surface area contributed by atoms with Gasteiger partial charge in [0.2, 0.25) is 0 Å². The van der Waals surface area contributed by atoms with Crippen LogP contribution in [0, 0.1) is 0 Å². The molecule has 0 aliphatic heterocycles. The molecule has 0 aliphatic rings. The fourth-order valence-electron chi connectivity index (χ4n) is 3.58. The van der Waals surface area contributed by atoms with Crippen molar-refractivity contribution in [1.29, 1.82) is 0 Å². The van der Waals surface area contributed by atoms with Gasteiger partial charge in [0.15, 0.2) is 11.6 Å². The Hall–Kier alpha value is -4.18. The summed E-state index contributed by atoms with van der Waals surface area (Å²) in [5.41, 5.74) is 2.35. The molecule has 0 bridgehead atoms. The highest BCUT2D eigenvalue weighted by Crippen LogP contribution is 2.42. The van der Waals surface area contributed by atoms with E-state index in [1.54, 1.807) is 78.9 Å². The number of benzene rings is 4. The summed E-state index contributed by atoms with van der Waals surface area (Å²) < 4.78 is 5.48. The molecular weight excluding hydrogens is 388 g/mol. The van der Waals surface area contributed by atoms with E-state index in [9.17, 15) is 14.7 Å². The van der Waals surface area contributed by atoms with E-state index in [0.29, 0.717) is 33.6 Å². The van der Waals surface area contributed by atoms with Gasteiger partial charge in [-0.3, -0.25) is 9.59 Å². The van der Waals surface area contributed by atoms with Gasteiger partial charge in [-0.05, 0) is 12.1 Å². The fourth-order valence-corrected chi connectivity index (χ4v) is 3.58. The normalized spacial score (nSPS) is 10.5. The average molecular weight is 408 g/mol. The largest absolute Gasteiger partial charge is 0.506 e. The molecule has 4 rings (SSSR count). The van der Waals surface area contributed by atoms with Gasteiger partial charge in [-0.2, -0.15) is 0 Å². The molecule has 0 fully saturated rings. The van der Waals surface area contributed by atoms with Gasteiger partial charge in [0.1, 0.15) is 11.5 Å². The molecule has 0 amide bonds. The summed E-state index contributed by atoms with van der Waals surface area (Å²) in [4.78, 5) is 26.2. The summed E-state index contributed by atoms with van der Waals surface area (Å²) in [6, 6.07) is 27.8. The van der Waals surface area contributed by atoms with E-state index >= 15 is 0 Å². The minimum Gasteiger partial charge on any atom is -0.506 e. The van der Waals surface area contributed by atoms with Crippen LogP contribution in [0.4, 0.5) is 0 Å². The SMILES string of the molecule is COc1ccc(C(=O)c2ccccc2)c(O)c1-c1ccccc1C(=O)c1ccccc1. The third kappa shape index (κ3) is 3.83. The highest BCUT2D eigenvalue weighted by atomic mass is 16.5. The van der Waals surface area contributed by atoms with Gasteiger partial charge < -0.3 is 9.84 Å². The summed E-state index contributed by atoms with van der Waals surface area (Å²) >= 11 is 0. The van der Waals surface area contributed by atoms with Crippen LogP contribution < -0.4 is 4.74 Å². The van der Waals surface area contributed by atoms with Crippen molar-refractivity contribution in [2.75, 3.05) is 7.11 Å². The van der Waals surface area contributed by atoms with Crippen LogP contribution in [0.3, 0.4) is 0 Å². The van der Waals surface area contributed by atoms with Crippen LogP contribution >= 0.6 is 0 Å². The lowest BCUT2D eigenvalue weighted by Crippen LogP contribution is -2.06. The van der Waals surface area contributed by atoms with E-state index in [-0.39, 0.29) is 22.9 Å². The number of hydrogen-bond acceptors (Lipinski definition) is 4. The third-order valence-corrected chi connectivity index (χ3v) is 5.12. The molecule has 31 heavy (non-hydrogen) atoms. The van der Waals surface area contributed by atoms with Crippen molar-refractivity contribution in [1.82, 2.24) is 0 Å². The van der Waals surface area contributed by atoms with Gasteiger partial charge in [0.25, 0.3) is 0 Å². The molecule has 0 atom stereocenters. The molecule has 1 N–H and O–H groups in total. The lowest BCUT2D eigenvalue weighted by Gasteiger charge is -2.16. The van der Waals surface area contributed by atoms with E-state index in [0.717, 1.165) is 0 Å². The first-order valence-electron chi connectivity index (χ1n) is 9.80. The van der Waals surface area contributed by atoms with E-state index in [4.69, 9.17) is 4.74 Å². The Morgan fingerprint density at radius 1 is 0.645 bits per heavy atom. The number of rotatable bonds is 6. The topological polar surface area (TPSA) is 63.6 Å². The Balaban J connectivity index is 1.89. The number of ketones is 2. The Morgan fingerprint density at radius 2 is 1.16 bits per heavy atom. The number of hydrogen-bond donors (Lipinski definition) is 1. The first-order valence-corrected chi connectivity index (χ1v) is 9.80. The zero-order valence-electron chi connectivity index (χ0n) is 16.9.